The number of carbonyl (C=O) groups excluding carboxylic acids is 3. The van der Waals surface area contributed by atoms with Crippen molar-refractivity contribution >= 4 is 46.8 Å². The molecule has 0 bridgehead atoms. The molecule has 1 N–H and O–H groups in total. The third-order valence-electron chi connectivity index (χ3n) is 7.60. The first-order valence-corrected chi connectivity index (χ1v) is 12.7. The fourth-order valence-corrected chi connectivity index (χ4v) is 6.10. The number of ether oxygens (including phenoxy) is 1. The molecule has 4 atom stereocenters. The van der Waals surface area contributed by atoms with Gasteiger partial charge in [0.15, 0.2) is 0 Å². The van der Waals surface area contributed by atoms with Crippen molar-refractivity contribution in [1.29, 1.82) is 0 Å². The summed E-state index contributed by atoms with van der Waals surface area (Å²) >= 11 is 5.78. The average Bonchev–Trinajstić information content (AvgIpc) is 3.41. The number of alkyl halides is 3. The Balaban J connectivity index is 1.42. The number of amides is 3. The van der Waals surface area contributed by atoms with Gasteiger partial charge < -0.3 is 15.0 Å². The van der Waals surface area contributed by atoms with Crippen molar-refractivity contribution in [1.82, 2.24) is 4.90 Å². The Labute approximate surface area is 231 Å². The third-order valence-corrected chi connectivity index (χ3v) is 7.93. The van der Waals surface area contributed by atoms with Gasteiger partial charge in [0.25, 0.3) is 0 Å². The fourth-order valence-electron chi connectivity index (χ4n) is 5.87. The highest BCUT2D eigenvalue weighted by molar-refractivity contribution is 6.32. The molecule has 3 amide bonds. The molecule has 0 spiro atoms. The molecule has 7 nitrogen and oxygen atoms in total. The Kier molecular flexibility index (Phi) is 6.10. The summed E-state index contributed by atoms with van der Waals surface area (Å²) in [6, 6.07) is 15.0. The number of fused-ring (bicyclic) bond motifs is 5. The monoisotopic (exact) mass is 567 g/mol. The maximum atomic E-state index is 13.9. The van der Waals surface area contributed by atoms with Crippen molar-refractivity contribution < 1.29 is 32.3 Å². The summed E-state index contributed by atoms with van der Waals surface area (Å²) in [7, 11) is 1.51. The molecule has 2 fully saturated rings. The molecular formula is C29H21ClF3N3O4. The molecule has 3 aromatic rings. The first-order chi connectivity index (χ1) is 19.1. The van der Waals surface area contributed by atoms with Crippen LogP contribution in [0, 0.1) is 11.8 Å². The quantitative estimate of drug-likeness (QED) is 0.420. The number of rotatable bonds is 4. The van der Waals surface area contributed by atoms with Crippen molar-refractivity contribution in [3.8, 4) is 5.75 Å². The molecule has 0 aliphatic carbocycles. The normalized spacial score (nSPS) is 23.1. The molecule has 0 radical (unpaired) electrons. The van der Waals surface area contributed by atoms with Crippen molar-refractivity contribution in [3.63, 3.8) is 0 Å². The SMILES string of the molecule is COc1ccc(NC(=O)[C@@H]2[C@@H]3C(=O)N(c4ccc(Cl)c(C(F)(F)F)c4)C(=O)[C@@H]3[C@H]3c4ccccc4C=CN23)cc1. The number of nitrogens with one attached hydrogen (secondary N) is 1. The van der Waals surface area contributed by atoms with Gasteiger partial charge in [-0.3, -0.25) is 14.4 Å². The zero-order chi connectivity index (χ0) is 28.3. The maximum absolute atomic E-state index is 13.9. The van der Waals surface area contributed by atoms with Crippen molar-refractivity contribution in [3.05, 3.63) is 94.6 Å². The van der Waals surface area contributed by atoms with Gasteiger partial charge in [-0.1, -0.05) is 35.9 Å². The van der Waals surface area contributed by atoms with E-state index >= 15 is 0 Å². The summed E-state index contributed by atoms with van der Waals surface area (Å²) < 4.78 is 46.0. The van der Waals surface area contributed by atoms with Crippen molar-refractivity contribution in [2.45, 2.75) is 18.3 Å². The smallest absolute Gasteiger partial charge is 0.417 e. The summed E-state index contributed by atoms with van der Waals surface area (Å²) in [5, 5.41) is 2.26. The third kappa shape index (κ3) is 4.02. The van der Waals surface area contributed by atoms with Crippen LogP contribution in [0.15, 0.2) is 72.9 Å². The van der Waals surface area contributed by atoms with E-state index in [1.165, 1.54) is 13.2 Å². The summed E-state index contributed by atoms with van der Waals surface area (Å²) in [4.78, 5) is 44.0. The van der Waals surface area contributed by atoms with Crippen molar-refractivity contribution in [2.75, 3.05) is 17.3 Å². The minimum atomic E-state index is -4.79. The number of methoxy groups -OCH3 is 1. The molecule has 2 saturated heterocycles. The van der Waals surface area contributed by atoms with Gasteiger partial charge in [-0.2, -0.15) is 13.2 Å². The standard InChI is InChI=1S/C29H21ClF3N3O4/c1-40-18-9-6-16(7-10-18)34-26(37)25-23-22(24-19-5-3-2-4-15(19)12-13-35(24)25)27(38)36(28(23)39)17-8-11-21(30)20(14-17)29(31,32)33/h2-14,22-25H,1H3,(H,34,37)/t22-,23+,24+,25-/m0/s1. The van der Waals surface area contributed by atoms with E-state index in [1.54, 1.807) is 41.4 Å². The molecule has 40 heavy (non-hydrogen) atoms. The number of nitrogens with zero attached hydrogens (tertiary/aromatic N) is 2. The molecule has 3 heterocycles. The number of benzene rings is 3. The van der Waals surface area contributed by atoms with Gasteiger partial charge >= 0.3 is 6.18 Å². The first kappa shape index (κ1) is 25.9. The van der Waals surface area contributed by atoms with E-state index < -0.39 is 58.4 Å². The Bertz CT molecular complexity index is 1570. The van der Waals surface area contributed by atoms with E-state index in [4.69, 9.17) is 16.3 Å². The Hall–Kier alpha value is -4.31. The number of halogens is 4. The van der Waals surface area contributed by atoms with Crippen LogP contribution >= 0.6 is 11.6 Å². The summed E-state index contributed by atoms with van der Waals surface area (Å²) in [5.74, 6) is -3.51. The second kappa shape index (κ2) is 9.41. The number of hydrogen-bond acceptors (Lipinski definition) is 5. The molecule has 0 aromatic heterocycles. The summed E-state index contributed by atoms with van der Waals surface area (Å²) in [5.41, 5.74) is 0.610. The van der Waals surface area contributed by atoms with Crippen LogP contribution in [0.5, 0.6) is 5.75 Å². The van der Waals surface area contributed by atoms with E-state index in [1.807, 2.05) is 24.3 Å². The predicted octanol–water partition coefficient (Wildman–Crippen LogP) is 5.52. The molecule has 6 rings (SSSR count). The average molecular weight is 568 g/mol. The van der Waals surface area contributed by atoms with Gasteiger partial charge in [0.05, 0.1) is 41.3 Å². The van der Waals surface area contributed by atoms with Gasteiger partial charge in [0, 0.05) is 11.9 Å². The topological polar surface area (TPSA) is 79.0 Å². The van der Waals surface area contributed by atoms with Gasteiger partial charge in [0.1, 0.15) is 11.8 Å². The van der Waals surface area contributed by atoms with Crippen molar-refractivity contribution in [2.24, 2.45) is 11.8 Å². The molecule has 0 unspecified atom stereocenters. The van der Waals surface area contributed by atoms with Crippen LogP contribution in [0.4, 0.5) is 24.5 Å². The number of imide groups is 1. The highest BCUT2D eigenvalue weighted by atomic mass is 35.5. The maximum Gasteiger partial charge on any atom is 0.417 e. The van der Waals surface area contributed by atoms with Crippen LogP contribution in [0.3, 0.4) is 0 Å². The first-order valence-electron chi connectivity index (χ1n) is 12.3. The van der Waals surface area contributed by atoms with E-state index in [9.17, 15) is 27.6 Å². The van der Waals surface area contributed by atoms with E-state index in [0.717, 1.165) is 22.1 Å². The Morgan fingerprint density at radius 3 is 2.38 bits per heavy atom. The zero-order valence-electron chi connectivity index (χ0n) is 20.9. The van der Waals surface area contributed by atoms with Crippen LogP contribution < -0.4 is 15.0 Å². The van der Waals surface area contributed by atoms with Gasteiger partial charge in [0.2, 0.25) is 17.7 Å². The Morgan fingerprint density at radius 2 is 1.68 bits per heavy atom. The van der Waals surface area contributed by atoms with Crippen LogP contribution in [-0.4, -0.2) is 35.8 Å². The van der Waals surface area contributed by atoms with Gasteiger partial charge in [-0.05, 0) is 59.7 Å². The van der Waals surface area contributed by atoms with Gasteiger partial charge in [-0.15, -0.1) is 0 Å². The van der Waals surface area contributed by atoms with E-state index in [0.29, 0.717) is 17.5 Å². The van der Waals surface area contributed by atoms with Crippen LogP contribution in [0.25, 0.3) is 6.08 Å². The van der Waals surface area contributed by atoms with Crippen LogP contribution in [0.2, 0.25) is 5.02 Å². The van der Waals surface area contributed by atoms with E-state index in [-0.39, 0.29) is 5.69 Å². The minimum Gasteiger partial charge on any atom is -0.497 e. The second-order valence-corrected chi connectivity index (χ2v) is 10.1. The van der Waals surface area contributed by atoms with E-state index in [2.05, 4.69) is 5.32 Å². The molecule has 204 valence electrons. The lowest BCUT2D eigenvalue weighted by Gasteiger charge is -2.35. The molecule has 0 saturated carbocycles. The lowest BCUT2D eigenvalue weighted by molar-refractivity contribution is -0.137. The largest absolute Gasteiger partial charge is 0.497 e. The highest BCUT2D eigenvalue weighted by Crippen LogP contribution is 2.53. The minimum absolute atomic E-state index is 0.248. The molecule has 3 aromatic carbocycles. The number of anilines is 2. The zero-order valence-corrected chi connectivity index (χ0v) is 21.6. The lowest BCUT2D eigenvalue weighted by atomic mass is 9.84. The molecule has 3 aliphatic rings. The van der Waals surface area contributed by atoms with Crippen LogP contribution in [0.1, 0.15) is 22.7 Å². The lowest BCUT2D eigenvalue weighted by Crippen LogP contribution is -2.46. The second-order valence-electron chi connectivity index (χ2n) is 9.72. The summed E-state index contributed by atoms with van der Waals surface area (Å²) in [6.07, 6.45) is -1.29. The Morgan fingerprint density at radius 1 is 0.975 bits per heavy atom. The molecule has 11 heteroatoms. The number of carbonyl (C=O) groups is 3. The summed E-state index contributed by atoms with van der Waals surface area (Å²) in [6.45, 7) is 0. The van der Waals surface area contributed by atoms with Crippen LogP contribution in [-0.2, 0) is 20.6 Å². The van der Waals surface area contributed by atoms with Gasteiger partial charge in [-0.25, -0.2) is 4.90 Å². The molecular weight excluding hydrogens is 547 g/mol. The molecule has 3 aliphatic heterocycles. The highest BCUT2D eigenvalue weighted by Gasteiger charge is 2.64. The predicted molar refractivity (Wildman–Crippen MR) is 141 cm³/mol. The fraction of sp³-hybridized carbons (Fsp3) is 0.207. The number of hydrogen-bond donors (Lipinski definition) is 1.